The van der Waals surface area contributed by atoms with E-state index in [2.05, 4.69) is 64.9 Å². The SMILES string of the molecule is O=C1C=N[C@@]2(C=C[C@@H](Br)[C@H](Br)[C@@H]2Br)N1c1ccc2ccccc2c1. The first-order valence-corrected chi connectivity index (χ1v) is 10.3. The van der Waals surface area contributed by atoms with Gasteiger partial charge in [0.1, 0.15) is 0 Å². The number of alkyl halides is 3. The van der Waals surface area contributed by atoms with Gasteiger partial charge in [-0.3, -0.25) is 14.7 Å². The zero-order valence-corrected chi connectivity index (χ0v) is 17.2. The highest BCUT2D eigenvalue weighted by Crippen LogP contribution is 2.44. The minimum atomic E-state index is -0.752. The highest BCUT2D eigenvalue weighted by molar-refractivity contribution is 9.13. The molecule has 0 fully saturated rings. The zero-order valence-electron chi connectivity index (χ0n) is 12.4. The standard InChI is InChI=1S/C18H13Br3N2O/c19-14-7-8-18(17(21)16(14)20)22-10-15(24)23(18)13-6-5-11-3-1-2-4-12(11)9-13/h1-10,14,16-17H/t14-,16+,17+,18+/m1/s1. The second-order valence-corrected chi connectivity index (χ2v) is 9.00. The predicted octanol–water partition coefficient (Wildman–Crippen LogP) is 4.81. The van der Waals surface area contributed by atoms with Crippen LogP contribution in [0.1, 0.15) is 0 Å². The number of amides is 1. The summed E-state index contributed by atoms with van der Waals surface area (Å²) in [5, 5.41) is 2.25. The van der Waals surface area contributed by atoms with Crippen LogP contribution in [0.25, 0.3) is 10.8 Å². The molecule has 6 heteroatoms. The maximum Gasteiger partial charge on any atom is 0.271 e. The number of rotatable bonds is 1. The second-order valence-electron chi connectivity index (χ2n) is 5.90. The van der Waals surface area contributed by atoms with Crippen LogP contribution < -0.4 is 4.90 Å². The average molecular weight is 513 g/mol. The van der Waals surface area contributed by atoms with Crippen LogP contribution in [0.3, 0.4) is 0 Å². The van der Waals surface area contributed by atoms with Gasteiger partial charge in [-0.2, -0.15) is 0 Å². The van der Waals surface area contributed by atoms with Crippen molar-refractivity contribution in [3.8, 4) is 0 Å². The van der Waals surface area contributed by atoms with Crippen molar-refractivity contribution in [2.45, 2.75) is 20.1 Å². The van der Waals surface area contributed by atoms with Crippen LogP contribution in [0, 0.1) is 0 Å². The van der Waals surface area contributed by atoms with E-state index in [-0.39, 0.29) is 20.4 Å². The molecule has 1 aliphatic carbocycles. The zero-order chi connectivity index (χ0) is 16.9. The van der Waals surface area contributed by atoms with Crippen LogP contribution in [0.4, 0.5) is 5.69 Å². The molecule has 0 unspecified atom stereocenters. The van der Waals surface area contributed by atoms with Crippen molar-refractivity contribution in [1.82, 2.24) is 0 Å². The highest BCUT2D eigenvalue weighted by Gasteiger charge is 2.52. The molecule has 122 valence electrons. The third kappa shape index (κ3) is 2.42. The van der Waals surface area contributed by atoms with Crippen molar-refractivity contribution in [2.24, 2.45) is 4.99 Å². The number of nitrogens with zero attached hydrogens (tertiary/aromatic N) is 2. The summed E-state index contributed by atoms with van der Waals surface area (Å²) < 4.78 is 0. The molecule has 4 rings (SSSR count). The minimum Gasteiger partial charge on any atom is -0.277 e. The number of benzene rings is 2. The maximum atomic E-state index is 12.6. The van der Waals surface area contributed by atoms with Gasteiger partial charge in [-0.05, 0) is 29.0 Å². The Labute approximate surface area is 165 Å². The Kier molecular flexibility index (Phi) is 4.17. The molecule has 1 heterocycles. The molecule has 24 heavy (non-hydrogen) atoms. The number of hydrogen-bond acceptors (Lipinski definition) is 2. The van der Waals surface area contributed by atoms with Crippen LogP contribution in [0.2, 0.25) is 0 Å². The lowest BCUT2D eigenvalue weighted by Gasteiger charge is -2.43. The van der Waals surface area contributed by atoms with E-state index < -0.39 is 5.66 Å². The summed E-state index contributed by atoms with van der Waals surface area (Å²) in [5.74, 6) is -0.105. The van der Waals surface area contributed by atoms with Gasteiger partial charge in [0, 0.05) is 15.3 Å². The van der Waals surface area contributed by atoms with E-state index >= 15 is 0 Å². The summed E-state index contributed by atoms with van der Waals surface area (Å²) >= 11 is 11.1. The molecule has 0 aromatic heterocycles. The van der Waals surface area contributed by atoms with Crippen molar-refractivity contribution in [2.75, 3.05) is 4.90 Å². The molecule has 3 nitrogen and oxygen atoms in total. The molecule has 0 radical (unpaired) electrons. The molecule has 0 N–H and O–H groups in total. The summed E-state index contributed by atoms with van der Waals surface area (Å²) in [6.45, 7) is 0. The normalized spacial score (nSPS) is 32.2. The van der Waals surface area contributed by atoms with Gasteiger partial charge in [-0.25, -0.2) is 0 Å². The van der Waals surface area contributed by atoms with Crippen molar-refractivity contribution >= 4 is 76.4 Å². The summed E-state index contributed by atoms with van der Waals surface area (Å²) in [7, 11) is 0. The summed E-state index contributed by atoms with van der Waals surface area (Å²) in [5.41, 5.74) is 0.0934. The molecule has 1 amide bonds. The number of allylic oxidation sites excluding steroid dienone is 1. The summed E-state index contributed by atoms with van der Waals surface area (Å²) in [6.07, 6.45) is 5.46. The Morgan fingerprint density at radius 1 is 1.04 bits per heavy atom. The van der Waals surface area contributed by atoms with Gasteiger partial charge in [0.15, 0.2) is 5.66 Å². The molecule has 2 aliphatic rings. The Balaban J connectivity index is 1.85. The van der Waals surface area contributed by atoms with Crippen molar-refractivity contribution in [3.63, 3.8) is 0 Å². The van der Waals surface area contributed by atoms with Crippen LogP contribution in [0.5, 0.6) is 0 Å². The minimum absolute atomic E-state index is 0.0615. The van der Waals surface area contributed by atoms with Gasteiger partial charge in [-0.1, -0.05) is 84.2 Å². The van der Waals surface area contributed by atoms with Gasteiger partial charge < -0.3 is 0 Å². The van der Waals surface area contributed by atoms with E-state index in [0.29, 0.717) is 0 Å². The van der Waals surface area contributed by atoms with Gasteiger partial charge in [-0.15, -0.1) is 0 Å². The van der Waals surface area contributed by atoms with Gasteiger partial charge in [0.05, 0.1) is 11.0 Å². The molecule has 0 saturated carbocycles. The van der Waals surface area contributed by atoms with Crippen LogP contribution in [-0.4, -0.2) is 32.3 Å². The topological polar surface area (TPSA) is 32.7 Å². The van der Waals surface area contributed by atoms with E-state index in [1.165, 1.54) is 6.21 Å². The van der Waals surface area contributed by atoms with Crippen molar-refractivity contribution in [3.05, 3.63) is 54.6 Å². The number of anilines is 1. The number of fused-ring (bicyclic) bond motifs is 1. The second kappa shape index (κ2) is 6.07. The van der Waals surface area contributed by atoms with Gasteiger partial charge in [0.25, 0.3) is 5.91 Å². The smallest absolute Gasteiger partial charge is 0.271 e. The van der Waals surface area contributed by atoms with Crippen LogP contribution >= 0.6 is 47.8 Å². The lowest BCUT2D eigenvalue weighted by molar-refractivity contribution is -0.112. The third-order valence-electron chi connectivity index (χ3n) is 4.47. The van der Waals surface area contributed by atoms with E-state index in [1.54, 1.807) is 4.90 Å². The lowest BCUT2D eigenvalue weighted by atomic mass is 9.94. The summed E-state index contributed by atoms with van der Waals surface area (Å²) in [6, 6.07) is 14.2. The van der Waals surface area contributed by atoms with E-state index in [4.69, 9.17) is 0 Å². The Morgan fingerprint density at radius 3 is 2.58 bits per heavy atom. The molecular formula is C18H13Br3N2O. The molecule has 1 spiro atoms. The predicted molar refractivity (Wildman–Crippen MR) is 110 cm³/mol. The fourth-order valence-electron chi connectivity index (χ4n) is 3.24. The van der Waals surface area contributed by atoms with E-state index in [9.17, 15) is 4.79 Å². The number of hydrogen-bond donors (Lipinski definition) is 0. The molecule has 0 saturated heterocycles. The van der Waals surface area contributed by atoms with Crippen molar-refractivity contribution in [1.29, 1.82) is 0 Å². The lowest BCUT2D eigenvalue weighted by Crippen LogP contribution is -2.57. The van der Waals surface area contributed by atoms with Crippen LogP contribution in [0.15, 0.2) is 59.6 Å². The monoisotopic (exact) mass is 510 g/mol. The first kappa shape index (κ1) is 16.5. The van der Waals surface area contributed by atoms with E-state index in [1.807, 2.05) is 42.5 Å². The molecule has 2 aromatic rings. The average Bonchev–Trinajstić information content (AvgIpc) is 2.94. The number of carbonyl (C=O) groups is 1. The van der Waals surface area contributed by atoms with Crippen LogP contribution in [-0.2, 0) is 4.79 Å². The Bertz CT molecular complexity index is 881. The first-order chi connectivity index (χ1) is 11.5. The van der Waals surface area contributed by atoms with Gasteiger partial charge >= 0.3 is 0 Å². The Hall–Kier alpha value is -0.980. The quantitative estimate of drug-likeness (QED) is 0.398. The molecule has 0 bridgehead atoms. The first-order valence-electron chi connectivity index (χ1n) is 7.53. The fraction of sp³-hybridized carbons (Fsp3) is 0.222. The number of carbonyl (C=O) groups excluding carboxylic acids is 1. The van der Waals surface area contributed by atoms with E-state index in [0.717, 1.165) is 16.5 Å². The Morgan fingerprint density at radius 2 is 1.79 bits per heavy atom. The van der Waals surface area contributed by atoms with Gasteiger partial charge in [0.2, 0.25) is 0 Å². The molecule has 1 aliphatic heterocycles. The fourth-order valence-corrected chi connectivity index (χ4v) is 5.48. The highest BCUT2D eigenvalue weighted by atomic mass is 79.9. The molecular weight excluding hydrogens is 500 g/mol. The third-order valence-corrected chi connectivity index (χ3v) is 9.10. The largest absolute Gasteiger partial charge is 0.277 e. The summed E-state index contributed by atoms with van der Waals surface area (Å²) in [4.78, 5) is 19.2. The van der Waals surface area contributed by atoms with Crippen molar-refractivity contribution < 1.29 is 4.79 Å². The number of aliphatic imine (C=N–C) groups is 1. The molecule has 2 aromatic carbocycles. The molecule has 4 atom stereocenters. The number of halogens is 3. The maximum absolute atomic E-state index is 12.6.